The number of nitrogens with one attached hydrogen (secondary N) is 3. The first-order valence-corrected chi connectivity index (χ1v) is 12.4. The van der Waals surface area contributed by atoms with Crippen molar-refractivity contribution in [2.75, 3.05) is 13.1 Å². The van der Waals surface area contributed by atoms with Crippen LogP contribution in [0.15, 0.2) is 73.7 Å². The number of H-pyrrole nitrogens is 2. The van der Waals surface area contributed by atoms with Crippen LogP contribution in [0.4, 0.5) is 0 Å². The number of aromatic amines is 2. The van der Waals surface area contributed by atoms with E-state index in [1.165, 1.54) is 0 Å². The van der Waals surface area contributed by atoms with E-state index in [1.807, 2.05) is 55.2 Å². The van der Waals surface area contributed by atoms with Gasteiger partial charge in [0.25, 0.3) is 0 Å². The summed E-state index contributed by atoms with van der Waals surface area (Å²) in [5.74, 6) is 0.768. The Balaban J connectivity index is 1.26. The van der Waals surface area contributed by atoms with Gasteiger partial charge in [0.05, 0.1) is 41.0 Å². The molecule has 6 aromatic heterocycles. The van der Waals surface area contributed by atoms with Crippen LogP contribution in [0.3, 0.4) is 0 Å². The van der Waals surface area contributed by atoms with Gasteiger partial charge in [0.2, 0.25) is 0 Å². The highest BCUT2D eigenvalue weighted by atomic mass is 16.5. The monoisotopic (exact) mass is 488 g/mol. The fourth-order valence-electron chi connectivity index (χ4n) is 4.94. The Labute approximate surface area is 212 Å². The van der Waals surface area contributed by atoms with Crippen LogP contribution in [-0.4, -0.2) is 54.3 Å². The molecular formula is C28H24N8O. The largest absolute Gasteiger partial charge is 0.489 e. The summed E-state index contributed by atoms with van der Waals surface area (Å²) in [6.07, 6.45) is 14.9. The topological polar surface area (TPSA) is 117 Å². The molecule has 0 bridgehead atoms. The summed E-state index contributed by atoms with van der Waals surface area (Å²) in [5, 5.41) is 13.1. The van der Waals surface area contributed by atoms with Crippen LogP contribution >= 0.6 is 0 Å². The Hall–Kier alpha value is -4.63. The SMILES string of the molecule is c1cncc(-c2cncc3[nH]c(-c4n[nH]c5cnc(-c6cncc(OC7CCNCC7)c6)cc45)cc23)c1. The van der Waals surface area contributed by atoms with Gasteiger partial charge in [-0.3, -0.25) is 25.0 Å². The Morgan fingerprint density at radius 2 is 1.70 bits per heavy atom. The highest BCUT2D eigenvalue weighted by Gasteiger charge is 2.17. The smallest absolute Gasteiger partial charge is 0.138 e. The third-order valence-electron chi connectivity index (χ3n) is 6.82. The Bertz CT molecular complexity index is 1700. The molecule has 0 atom stereocenters. The maximum Gasteiger partial charge on any atom is 0.138 e. The molecule has 1 aliphatic heterocycles. The molecule has 9 heteroatoms. The summed E-state index contributed by atoms with van der Waals surface area (Å²) in [5.41, 5.74) is 7.27. The molecule has 0 unspecified atom stereocenters. The molecule has 0 aliphatic carbocycles. The van der Waals surface area contributed by atoms with Crippen molar-refractivity contribution in [1.29, 1.82) is 0 Å². The Morgan fingerprint density at radius 1 is 0.811 bits per heavy atom. The number of hydrogen-bond acceptors (Lipinski definition) is 7. The van der Waals surface area contributed by atoms with Crippen LogP contribution in [0.2, 0.25) is 0 Å². The summed E-state index contributed by atoms with van der Waals surface area (Å²) < 4.78 is 6.20. The van der Waals surface area contributed by atoms with Gasteiger partial charge in [0, 0.05) is 52.3 Å². The maximum absolute atomic E-state index is 6.20. The maximum atomic E-state index is 6.20. The van der Waals surface area contributed by atoms with Crippen LogP contribution in [0.25, 0.3) is 55.6 Å². The summed E-state index contributed by atoms with van der Waals surface area (Å²) in [7, 11) is 0. The van der Waals surface area contributed by atoms with Gasteiger partial charge in [-0.25, -0.2) is 0 Å². The van der Waals surface area contributed by atoms with E-state index >= 15 is 0 Å². The van der Waals surface area contributed by atoms with Gasteiger partial charge < -0.3 is 15.0 Å². The van der Waals surface area contributed by atoms with Crippen LogP contribution in [-0.2, 0) is 0 Å². The van der Waals surface area contributed by atoms with E-state index in [1.54, 1.807) is 12.4 Å². The quantitative estimate of drug-likeness (QED) is 0.320. The zero-order valence-electron chi connectivity index (χ0n) is 20.0. The van der Waals surface area contributed by atoms with Gasteiger partial charge in [-0.2, -0.15) is 5.10 Å². The minimum atomic E-state index is 0.210. The van der Waals surface area contributed by atoms with Crippen LogP contribution in [0.5, 0.6) is 5.75 Å². The lowest BCUT2D eigenvalue weighted by Gasteiger charge is -2.23. The third kappa shape index (κ3) is 4.09. The zero-order chi connectivity index (χ0) is 24.6. The molecule has 0 radical (unpaired) electrons. The van der Waals surface area contributed by atoms with Crippen molar-refractivity contribution in [2.24, 2.45) is 0 Å². The van der Waals surface area contributed by atoms with E-state index in [-0.39, 0.29) is 6.10 Å². The van der Waals surface area contributed by atoms with Crippen molar-refractivity contribution in [3.05, 3.63) is 73.7 Å². The average molecular weight is 489 g/mol. The Kier molecular flexibility index (Phi) is 5.32. The van der Waals surface area contributed by atoms with Crippen molar-refractivity contribution in [3.8, 4) is 39.5 Å². The first-order chi connectivity index (χ1) is 18.3. The van der Waals surface area contributed by atoms with Gasteiger partial charge in [-0.1, -0.05) is 6.07 Å². The second-order valence-electron chi connectivity index (χ2n) is 9.24. The molecule has 6 aromatic rings. The number of aromatic nitrogens is 7. The molecule has 1 saturated heterocycles. The van der Waals surface area contributed by atoms with Crippen LogP contribution in [0, 0.1) is 0 Å². The average Bonchev–Trinajstić information content (AvgIpc) is 3.58. The minimum Gasteiger partial charge on any atom is -0.489 e. The van der Waals surface area contributed by atoms with Crippen LogP contribution in [0.1, 0.15) is 12.8 Å². The van der Waals surface area contributed by atoms with Gasteiger partial charge in [0.1, 0.15) is 17.5 Å². The molecular weight excluding hydrogens is 464 g/mol. The van der Waals surface area contributed by atoms with E-state index in [0.29, 0.717) is 0 Å². The zero-order valence-corrected chi connectivity index (χ0v) is 20.0. The predicted molar refractivity (Wildman–Crippen MR) is 142 cm³/mol. The molecule has 7 rings (SSSR count). The summed E-state index contributed by atoms with van der Waals surface area (Å²) in [6.45, 7) is 1.96. The van der Waals surface area contributed by atoms with Gasteiger partial charge in [0.15, 0.2) is 0 Å². The first kappa shape index (κ1) is 21.6. The minimum absolute atomic E-state index is 0.210. The second-order valence-corrected chi connectivity index (χ2v) is 9.24. The fourth-order valence-corrected chi connectivity index (χ4v) is 4.94. The van der Waals surface area contributed by atoms with E-state index in [2.05, 4.69) is 46.5 Å². The highest BCUT2D eigenvalue weighted by Crippen LogP contribution is 2.34. The third-order valence-corrected chi connectivity index (χ3v) is 6.82. The molecule has 37 heavy (non-hydrogen) atoms. The number of piperidine rings is 1. The van der Waals surface area contributed by atoms with Gasteiger partial charge in [-0.15, -0.1) is 0 Å². The standard InChI is InChI=1S/C28H24N8O/c1-2-17(11-30-5-1)23-14-32-15-26-21(23)9-25(34-26)28-22-10-24(33-16-27(22)35-36-28)18-8-20(13-31-12-18)37-19-3-6-29-7-4-19/h1-2,5,8-16,19,29,34H,3-4,6-7H2,(H,35,36). The normalized spacial score (nSPS) is 14.4. The molecule has 182 valence electrons. The molecule has 0 saturated carbocycles. The molecule has 3 N–H and O–H groups in total. The molecule has 7 heterocycles. The molecule has 9 nitrogen and oxygen atoms in total. The molecule has 0 spiro atoms. The lowest BCUT2D eigenvalue weighted by Crippen LogP contribution is -2.34. The number of nitrogens with zero attached hydrogens (tertiary/aromatic N) is 5. The second kappa shape index (κ2) is 9.11. The predicted octanol–water partition coefficient (Wildman–Crippen LogP) is 4.76. The summed E-state index contributed by atoms with van der Waals surface area (Å²) in [4.78, 5) is 21.3. The lowest BCUT2D eigenvalue weighted by atomic mass is 10.1. The van der Waals surface area contributed by atoms with E-state index in [9.17, 15) is 0 Å². The molecule has 0 aromatic carbocycles. The number of fused-ring (bicyclic) bond motifs is 2. The highest BCUT2D eigenvalue weighted by molar-refractivity contribution is 6.00. The summed E-state index contributed by atoms with van der Waals surface area (Å²) in [6, 6.07) is 10.1. The Morgan fingerprint density at radius 3 is 2.59 bits per heavy atom. The number of pyridine rings is 4. The molecule has 1 aliphatic rings. The van der Waals surface area contributed by atoms with Crippen molar-refractivity contribution < 1.29 is 4.74 Å². The molecule has 1 fully saturated rings. The number of hydrogen-bond donors (Lipinski definition) is 3. The van der Waals surface area contributed by atoms with E-state index < -0.39 is 0 Å². The summed E-state index contributed by atoms with van der Waals surface area (Å²) >= 11 is 0. The van der Waals surface area contributed by atoms with Crippen molar-refractivity contribution in [3.63, 3.8) is 0 Å². The number of ether oxygens (including phenoxy) is 1. The van der Waals surface area contributed by atoms with E-state index in [4.69, 9.17) is 4.74 Å². The van der Waals surface area contributed by atoms with Crippen molar-refractivity contribution >= 4 is 21.8 Å². The fraction of sp³-hybridized carbons (Fsp3) is 0.179. The molecule has 0 amide bonds. The van der Waals surface area contributed by atoms with E-state index in [0.717, 1.165) is 87.3 Å². The number of rotatable bonds is 5. The van der Waals surface area contributed by atoms with Gasteiger partial charge in [-0.05, 0) is 50.2 Å². The first-order valence-electron chi connectivity index (χ1n) is 12.4. The van der Waals surface area contributed by atoms with Crippen molar-refractivity contribution in [1.82, 2.24) is 40.4 Å². The van der Waals surface area contributed by atoms with Crippen LogP contribution < -0.4 is 10.1 Å². The van der Waals surface area contributed by atoms with Gasteiger partial charge >= 0.3 is 0 Å². The lowest BCUT2D eigenvalue weighted by molar-refractivity contribution is 0.162. The van der Waals surface area contributed by atoms with Crippen molar-refractivity contribution in [2.45, 2.75) is 18.9 Å².